The third-order valence-corrected chi connectivity index (χ3v) is 5.24. The molecule has 29 heavy (non-hydrogen) atoms. The minimum absolute atomic E-state index is 0.0448. The van der Waals surface area contributed by atoms with E-state index < -0.39 is 18.2 Å². The average molecular weight is 431 g/mol. The fraction of sp³-hybridized carbons (Fsp3) is 0.286. The molecule has 8 heteroatoms. The molecule has 2 aromatic rings. The summed E-state index contributed by atoms with van der Waals surface area (Å²) < 4.78 is 16.7. The van der Waals surface area contributed by atoms with Crippen LogP contribution in [-0.4, -0.2) is 30.8 Å². The Morgan fingerprint density at radius 2 is 2.14 bits per heavy atom. The standard InChI is InChI=1S/C21H19ClN2O4S/c1-3-27-18(25)10-17-21(29)24-15-8-7-12(11-23)9-14(15)20(28-17)13-5-4-6-16(26-2)19(13)22/h4-9,17,20H,3,10H2,1-2H3,(H,24,29)/t17-,20-/m1/s1. The fourth-order valence-corrected chi connectivity index (χ4v) is 3.67. The van der Waals surface area contributed by atoms with Crippen LogP contribution in [0.5, 0.6) is 5.75 Å². The number of carbonyl (C=O) groups excluding carboxylic acids is 1. The van der Waals surface area contributed by atoms with Crippen molar-refractivity contribution in [1.82, 2.24) is 0 Å². The first kappa shape index (κ1) is 21.1. The SMILES string of the molecule is CCOC(=O)C[C@H]1O[C@H](c2cccc(OC)c2Cl)c2cc(C#N)ccc2NC1=S. The molecule has 0 aliphatic carbocycles. The zero-order valence-corrected chi connectivity index (χ0v) is 17.5. The summed E-state index contributed by atoms with van der Waals surface area (Å²) in [4.78, 5) is 12.4. The maximum Gasteiger partial charge on any atom is 0.308 e. The van der Waals surface area contributed by atoms with Crippen LogP contribution >= 0.6 is 23.8 Å². The smallest absolute Gasteiger partial charge is 0.308 e. The number of benzene rings is 2. The second kappa shape index (κ2) is 9.23. The number of nitrogens with one attached hydrogen (secondary N) is 1. The van der Waals surface area contributed by atoms with Crippen molar-refractivity contribution < 1.29 is 19.0 Å². The minimum atomic E-state index is -0.728. The molecule has 1 N–H and O–H groups in total. The van der Waals surface area contributed by atoms with Gasteiger partial charge in [0, 0.05) is 16.8 Å². The molecule has 2 aromatic carbocycles. The zero-order chi connectivity index (χ0) is 21.0. The van der Waals surface area contributed by atoms with Crippen LogP contribution < -0.4 is 10.1 Å². The van der Waals surface area contributed by atoms with Crippen molar-refractivity contribution >= 4 is 40.5 Å². The van der Waals surface area contributed by atoms with Gasteiger partial charge in [0.05, 0.1) is 36.8 Å². The van der Waals surface area contributed by atoms with Crippen LogP contribution in [0.2, 0.25) is 5.02 Å². The van der Waals surface area contributed by atoms with E-state index in [4.69, 9.17) is 38.0 Å². The number of fused-ring (bicyclic) bond motifs is 1. The van der Waals surface area contributed by atoms with Crippen molar-refractivity contribution in [3.8, 4) is 11.8 Å². The molecule has 0 saturated heterocycles. The number of hydrogen-bond donors (Lipinski definition) is 1. The number of hydrogen-bond acceptors (Lipinski definition) is 6. The van der Waals surface area contributed by atoms with Crippen LogP contribution in [0, 0.1) is 11.3 Å². The summed E-state index contributed by atoms with van der Waals surface area (Å²) in [5.74, 6) is 0.0771. The Hall–Kier alpha value is -2.66. The Morgan fingerprint density at radius 1 is 1.34 bits per heavy atom. The lowest BCUT2D eigenvalue weighted by Gasteiger charge is -2.23. The molecule has 1 aliphatic heterocycles. The second-order valence-electron chi connectivity index (χ2n) is 6.28. The number of methoxy groups -OCH3 is 1. The zero-order valence-electron chi connectivity index (χ0n) is 15.9. The van der Waals surface area contributed by atoms with Gasteiger partial charge in [-0.3, -0.25) is 4.79 Å². The van der Waals surface area contributed by atoms with E-state index in [0.717, 1.165) is 0 Å². The van der Waals surface area contributed by atoms with Gasteiger partial charge >= 0.3 is 5.97 Å². The monoisotopic (exact) mass is 430 g/mol. The number of ether oxygens (including phenoxy) is 3. The molecule has 0 bridgehead atoms. The lowest BCUT2D eigenvalue weighted by atomic mass is 9.97. The van der Waals surface area contributed by atoms with Gasteiger partial charge < -0.3 is 19.5 Å². The van der Waals surface area contributed by atoms with Gasteiger partial charge in [-0.1, -0.05) is 36.0 Å². The van der Waals surface area contributed by atoms with Gasteiger partial charge in [0.15, 0.2) is 0 Å². The predicted molar refractivity (Wildman–Crippen MR) is 113 cm³/mol. The third kappa shape index (κ3) is 4.51. The van der Waals surface area contributed by atoms with Crippen LogP contribution in [0.1, 0.15) is 36.1 Å². The van der Waals surface area contributed by atoms with E-state index in [1.165, 1.54) is 7.11 Å². The number of thiocarbonyl (C=S) groups is 1. The van der Waals surface area contributed by atoms with Gasteiger partial charge in [-0.25, -0.2) is 0 Å². The van der Waals surface area contributed by atoms with Gasteiger partial charge in [0.2, 0.25) is 0 Å². The quantitative estimate of drug-likeness (QED) is 0.556. The van der Waals surface area contributed by atoms with Gasteiger partial charge in [-0.15, -0.1) is 0 Å². The molecule has 1 aliphatic rings. The summed E-state index contributed by atoms with van der Waals surface area (Å²) in [5.41, 5.74) is 2.48. The van der Waals surface area contributed by atoms with Crippen molar-refractivity contribution in [3.63, 3.8) is 0 Å². The third-order valence-electron chi connectivity index (χ3n) is 4.47. The Balaban J connectivity index is 2.11. The van der Waals surface area contributed by atoms with E-state index in [9.17, 15) is 10.1 Å². The largest absolute Gasteiger partial charge is 0.495 e. The van der Waals surface area contributed by atoms with E-state index in [1.807, 2.05) is 6.07 Å². The highest BCUT2D eigenvalue weighted by Gasteiger charge is 2.33. The van der Waals surface area contributed by atoms with E-state index in [-0.39, 0.29) is 13.0 Å². The molecule has 0 saturated carbocycles. The molecule has 0 aromatic heterocycles. The summed E-state index contributed by atoms with van der Waals surface area (Å²) in [6.45, 7) is 2.00. The van der Waals surface area contributed by atoms with Gasteiger partial charge in [-0.05, 0) is 31.2 Å². The Morgan fingerprint density at radius 3 is 2.83 bits per heavy atom. The summed E-state index contributed by atoms with van der Waals surface area (Å²) in [7, 11) is 1.53. The van der Waals surface area contributed by atoms with E-state index in [0.29, 0.717) is 38.1 Å². The first-order valence-electron chi connectivity index (χ1n) is 8.96. The van der Waals surface area contributed by atoms with Crippen LogP contribution in [0.4, 0.5) is 5.69 Å². The summed E-state index contributed by atoms with van der Waals surface area (Å²) >= 11 is 12.0. The summed E-state index contributed by atoms with van der Waals surface area (Å²) in [6.07, 6.45) is -1.45. The fourth-order valence-electron chi connectivity index (χ4n) is 3.12. The number of esters is 1. The van der Waals surface area contributed by atoms with E-state index >= 15 is 0 Å². The Bertz CT molecular complexity index is 989. The minimum Gasteiger partial charge on any atom is -0.495 e. The molecule has 0 spiro atoms. The molecule has 2 atom stereocenters. The molecule has 0 amide bonds. The first-order valence-corrected chi connectivity index (χ1v) is 9.75. The maximum absolute atomic E-state index is 12.1. The molecule has 6 nitrogen and oxygen atoms in total. The summed E-state index contributed by atoms with van der Waals surface area (Å²) in [5, 5.41) is 12.9. The topological polar surface area (TPSA) is 80.6 Å². The molecular formula is C21H19ClN2O4S. The van der Waals surface area contributed by atoms with Crippen molar-refractivity contribution in [2.75, 3.05) is 19.0 Å². The molecule has 3 rings (SSSR count). The van der Waals surface area contributed by atoms with Crippen molar-refractivity contribution in [2.24, 2.45) is 0 Å². The highest BCUT2D eigenvalue weighted by Crippen LogP contribution is 2.42. The van der Waals surface area contributed by atoms with Crippen molar-refractivity contribution in [3.05, 3.63) is 58.1 Å². The lowest BCUT2D eigenvalue weighted by molar-refractivity contribution is -0.145. The van der Waals surface area contributed by atoms with Crippen molar-refractivity contribution in [1.29, 1.82) is 5.26 Å². The second-order valence-corrected chi connectivity index (χ2v) is 7.10. The number of rotatable bonds is 5. The van der Waals surface area contributed by atoms with E-state index in [2.05, 4.69) is 11.4 Å². The van der Waals surface area contributed by atoms with Crippen LogP contribution in [0.3, 0.4) is 0 Å². The molecule has 0 fully saturated rings. The number of nitriles is 1. The Kier molecular flexibility index (Phi) is 6.70. The van der Waals surface area contributed by atoms with Gasteiger partial charge in [0.1, 0.15) is 22.9 Å². The Labute approximate surface area is 179 Å². The lowest BCUT2D eigenvalue weighted by Crippen LogP contribution is -2.31. The number of carbonyl (C=O) groups is 1. The van der Waals surface area contributed by atoms with Crippen molar-refractivity contribution in [2.45, 2.75) is 25.6 Å². The molecule has 1 heterocycles. The van der Waals surface area contributed by atoms with Crippen LogP contribution in [0.25, 0.3) is 0 Å². The first-order chi connectivity index (χ1) is 14.0. The maximum atomic E-state index is 12.1. The number of halogens is 1. The van der Waals surface area contributed by atoms with Crippen LogP contribution in [0.15, 0.2) is 36.4 Å². The van der Waals surface area contributed by atoms with Gasteiger partial charge in [-0.2, -0.15) is 5.26 Å². The average Bonchev–Trinajstić information content (AvgIpc) is 2.84. The van der Waals surface area contributed by atoms with Gasteiger partial charge in [0.25, 0.3) is 0 Å². The van der Waals surface area contributed by atoms with E-state index in [1.54, 1.807) is 37.3 Å². The number of anilines is 1. The molecule has 0 radical (unpaired) electrons. The normalized spacial score (nSPS) is 18.1. The molecule has 0 unspecified atom stereocenters. The predicted octanol–water partition coefficient (Wildman–Crippen LogP) is 4.40. The summed E-state index contributed by atoms with van der Waals surface area (Å²) in [6, 6.07) is 12.7. The highest BCUT2D eigenvalue weighted by atomic mass is 35.5. The molecular weight excluding hydrogens is 412 g/mol. The number of nitrogens with zero attached hydrogens (tertiary/aromatic N) is 1. The highest BCUT2D eigenvalue weighted by molar-refractivity contribution is 7.80. The molecule has 150 valence electrons. The van der Waals surface area contributed by atoms with Crippen LogP contribution in [-0.2, 0) is 14.3 Å².